The van der Waals surface area contributed by atoms with Crippen molar-refractivity contribution in [2.24, 2.45) is 5.73 Å². The summed E-state index contributed by atoms with van der Waals surface area (Å²) in [5, 5.41) is 0.741. The van der Waals surface area contributed by atoms with E-state index in [2.05, 4.69) is 12.1 Å². The lowest BCUT2D eigenvalue weighted by Gasteiger charge is -2.28. The molecule has 1 heterocycles. The molecular formula is C17H18ClNO. The second-order valence-electron chi connectivity index (χ2n) is 5.27. The van der Waals surface area contributed by atoms with Crippen LogP contribution in [0.1, 0.15) is 35.9 Å². The van der Waals surface area contributed by atoms with Crippen LogP contribution < -0.4 is 10.5 Å². The molecule has 1 aliphatic rings. The average molecular weight is 288 g/mol. The minimum absolute atomic E-state index is 0.00450. The fourth-order valence-corrected chi connectivity index (χ4v) is 3.04. The molecule has 0 aliphatic carbocycles. The molecule has 0 amide bonds. The van der Waals surface area contributed by atoms with Gasteiger partial charge in [0.05, 0.1) is 6.61 Å². The molecule has 1 aliphatic heterocycles. The molecule has 0 radical (unpaired) electrons. The first-order chi connectivity index (χ1) is 9.74. The van der Waals surface area contributed by atoms with E-state index < -0.39 is 0 Å². The fourth-order valence-electron chi connectivity index (χ4n) is 2.84. The van der Waals surface area contributed by atoms with Crippen LogP contribution >= 0.6 is 11.6 Å². The van der Waals surface area contributed by atoms with E-state index in [1.165, 1.54) is 5.56 Å². The van der Waals surface area contributed by atoms with Crippen LogP contribution in [0.2, 0.25) is 5.02 Å². The van der Waals surface area contributed by atoms with Gasteiger partial charge in [-0.15, -0.1) is 0 Å². The highest BCUT2D eigenvalue weighted by Crippen LogP contribution is 2.38. The number of hydrogen-bond acceptors (Lipinski definition) is 2. The lowest BCUT2D eigenvalue weighted by Crippen LogP contribution is -2.20. The van der Waals surface area contributed by atoms with E-state index in [0.717, 1.165) is 35.8 Å². The van der Waals surface area contributed by atoms with Crippen molar-refractivity contribution < 1.29 is 4.74 Å². The van der Waals surface area contributed by atoms with Crippen molar-refractivity contribution in [3.8, 4) is 5.75 Å². The monoisotopic (exact) mass is 287 g/mol. The molecule has 0 aromatic heterocycles. The minimum atomic E-state index is 0.00450. The van der Waals surface area contributed by atoms with Crippen LogP contribution in [0.5, 0.6) is 5.75 Å². The van der Waals surface area contributed by atoms with Gasteiger partial charge in [0, 0.05) is 11.1 Å². The highest BCUT2D eigenvalue weighted by atomic mass is 35.5. The van der Waals surface area contributed by atoms with Crippen LogP contribution in [-0.2, 0) is 0 Å². The van der Waals surface area contributed by atoms with Crippen LogP contribution in [0.25, 0.3) is 0 Å². The molecule has 0 fully saturated rings. The molecule has 0 spiro atoms. The van der Waals surface area contributed by atoms with Gasteiger partial charge in [-0.3, -0.25) is 0 Å². The molecule has 2 atom stereocenters. The second kappa shape index (κ2) is 5.86. The fraction of sp³-hybridized carbons (Fsp3) is 0.294. The van der Waals surface area contributed by atoms with Crippen molar-refractivity contribution in [2.75, 3.05) is 6.61 Å². The molecule has 20 heavy (non-hydrogen) atoms. The third-order valence-corrected chi connectivity index (χ3v) is 4.13. The van der Waals surface area contributed by atoms with Crippen LogP contribution in [-0.4, -0.2) is 6.61 Å². The van der Waals surface area contributed by atoms with Crippen LogP contribution in [0.3, 0.4) is 0 Å². The first-order valence-corrected chi connectivity index (χ1v) is 7.34. The highest BCUT2D eigenvalue weighted by molar-refractivity contribution is 6.30. The van der Waals surface area contributed by atoms with Crippen LogP contribution in [0, 0.1) is 0 Å². The van der Waals surface area contributed by atoms with Gasteiger partial charge in [-0.05, 0) is 48.1 Å². The summed E-state index contributed by atoms with van der Waals surface area (Å²) in [5.41, 5.74) is 8.73. The second-order valence-corrected chi connectivity index (χ2v) is 5.71. The van der Waals surface area contributed by atoms with Crippen LogP contribution in [0.15, 0.2) is 48.5 Å². The Kier molecular flexibility index (Phi) is 3.95. The summed E-state index contributed by atoms with van der Waals surface area (Å²) in [6, 6.07) is 16.1. The van der Waals surface area contributed by atoms with E-state index in [1.54, 1.807) is 0 Å². The van der Waals surface area contributed by atoms with Crippen molar-refractivity contribution in [3.63, 3.8) is 0 Å². The summed E-state index contributed by atoms with van der Waals surface area (Å²) in [5.74, 6) is 1.45. The Hall–Kier alpha value is -1.51. The Labute approximate surface area is 124 Å². The summed E-state index contributed by atoms with van der Waals surface area (Å²) in [7, 11) is 0. The number of para-hydroxylation sites is 1. The van der Waals surface area contributed by atoms with Gasteiger partial charge in [0.1, 0.15) is 5.75 Å². The number of nitrogens with two attached hydrogens (primary N) is 1. The molecule has 0 bridgehead atoms. The van der Waals surface area contributed by atoms with E-state index in [9.17, 15) is 0 Å². The number of halogens is 1. The van der Waals surface area contributed by atoms with Crippen molar-refractivity contribution in [1.82, 2.24) is 0 Å². The topological polar surface area (TPSA) is 35.2 Å². The van der Waals surface area contributed by atoms with E-state index in [0.29, 0.717) is 5.92 Å². The molecule has 104 valence electrons. The average Bonchev–Trinajstić information content (AvgIpc) is 2.47. The Balaban J connectivity index is 1.79. The van der Waals surface area contributed by atoms with Crippen molar-refractivity contribution >= 4 is 11.6 Å². The first-order valence-electron chi connectivity index (χ1n) is 6.97. The molecule has 0 saturated heterocycles. The maximum atomic E-state index is 6.35. The molecule has 3 rings (SSSR count). The first kappa shape index (κ1) is 13.5. The van der Waals surface area contributed by atoms with Gasteiger partial charge in [-0.2, -0.15) is 0 Å². The van der Waals surface area contributed by atoms with E-state index >= 15 is 0 Å². The third kappa shape index (κ3) is 2.82. The van der Waals surface area contributed by atoms with Gasteiger partial charge in [-0.1, -0.05) is 41.9 Å². The molecular weight excluding hydrogens is 270 g/mol. The van der Waals surface area contributed by atoms with Gasteiger partial charge >= 0.3 is 0 Å². The molecule has 2 nitrogen and oxygen atoms in total. The maximum Gasteiger partial charge on any atom is 0.122 e. The number of fused-ring (bicyclic) bond motifs is 1. The van der Waals surface area contributed by atoms with E-state index in [-0.39, 0.29) is 6.04 Å². The summed E-state index contributed by atoms with van der Waals surface area (Å²) < 4.78 is 5.70. The molecule has 2 N–H and O–H groups in total. The van der Waals surface area contributed by atoms with Gasteiger partial charge in [0.15, 0.2) is 0 Å². The number of hydrogen-bond donors (Lipinski definition) is 1. The number of rotatable bonds is 3. The van der Waals surface area contributed by atoms with Gasteiger partial charge in [-0.25, -0.2) is 0 Å². The minimum Gasteiger partial charge on any atom is -0.493 e. The SMILES string of the molecule is NC(CC1CCOc2ccccc21)c1cccc(Cl)c1. The Morgan fingerprint density at radius 3 is 2.90 bits per heavy atom. The molecule has 2 aromatic carbocycles. The molecule has 0 saturated carbocycles. The van der Waals surface area contributed by atoms with Gasteiger partial charge in [0.25, 0.3) is 0 Å². The lowest BCUT2D eigenvalue weighted by atomic mass is 9.86. The van der Waals surface area contributed by atoms with Crippen LogP contribution in [0.4, 0.5) is 0 Å². The summed E-state index contributed by atoms with van der Waals surface area (Å²) in [6.45, 7) is 0.768. The summed E-state index contributed by atoms with van der Waals surface area (Å²) in [4.78, 5) is 0. The zero-order valence-electron chi connectivity index (χ0n) is 11.3. The predicted octanol–water partition coefficient (Wildman–Crippen LogP) is 4.30. The number of ether oxygens (including phenoxy) is 1. The maximum absolute atomic E-state index is 6.35. The quantitative estimate of drug-likeness (QED) is 0.914. The van der Waals surface area contributed by atoms with Gasteiger partial charge in [0.2, 0.25) is 0 Å². The Bertz CT molecular complexity index is 599. The van der Waals surface area contributed by atoms with E-state index in [4.69, 9.17) is 22.1 Å². The van der Waals surface area contributed by atoms with Crippen molar-refractivity contribution in [1.29, 1.82) is 0 Å². The predicted molar refractivity (Wildman–Crippen MR) is 82.3 cm³/mol. The number of benzene rings is 2. The summed E-state index contributed by atoms with van der Waals surface area (Å²) >= 11 is 6.04. The summed E-state index contributed by atoms with van der Waals surface area (Å²) in [6.07, 6.45) is 1.94. The lowest BCUT2D eigenvalue weighted by molar-refractivity contribution is 0.259. The molecule has 2 aromatic rings. The van der Waals surface area contributed by atoms with Crippen molar-refractivity contribution in [3.05, 3.63) is 64.7 Å². The largest absolute Gasteiger partial charge is 0.493 e. The smallest absolute Gasteiger partial charge is 0.122 e. The van der Waals surface area contributed by atoms with Gasteiger partial charge < -0.3 is 10.5 Å². The zero-order valence-corrected chi connectivity index (χ0v) is 12.0. The third-order valence-electron chi connectivity index (χ3n) is 3.90. The molecule has 3 heteroatoms. The van der Waals surface area contributed by atoms with E-state index in [1.807, 2.05) is 36.4 Å². The normalized spacial score (nSPS) is 19.0. The van der Waals surface area contributed by atoms with Crippen molar-refractivity contribution in [2.45, 2.75) is 24.8 Å². The highest BCUT2D eigenvalue weighted by Gasteiger charge is 2.23. The standard InChI is InChI=1S/C17H18ClNO/c18-14-5-3-4-13(10-14)16(19)11-12-8-9-20-17-7-2-1-6-15(12)17/h1-7,10,12,16H,8-9,11,19H2. The zero-order chi connectivity index (χ0) is 13.9. The Morgan fingerprint density at radius 2 is 2.05 bits per heavy atom. The molecule has 2 unspecified atom stereocenters. The Morgan fingerprint density at radius 1 is 1.20 bits per heavy atom.